The minimum atomic E-state index is -4.80. The first-order chi connectivity index (χ1) is 5.34. The van der Waals surface area contributed by atoms with E-state index in [2.05, 4.69) is 0 Å². The molecule has 0 saturated heterocycles. The molecule has 8 heteroatoms. The molecule has 1 N–H and O–H groups in total. The predicted molar refractivity (Wildman–Crippen MR) is 34.1 cm³/mol. The first-order valence-corrected chi connectivity index (χ1v) is 4.50. The van der Waals surface area contributed by atoms with Crippen molar-refractivity contribution in [1.29, 1.82) is 0 Å². The van der Waals surface area contributed by atoms with Crippen molar-refractivity contribution < 1.29 is 57.2 Å². The third-order valence-electron chi connectivity index (χ3n) is 1.63. The SMILES string of the molecule is O=C1CC(S(=O)(=O)[O-])C(=O)C1O.[Na+]. The van der Waals surface area contributed by atoms with Gasteiger partial charge in [0.25, 0.3) is 0 Å². The maximum atomic E-state index is 10.7. The largest absolute Gasteiger partial charge is 1.00 e. The Labute approximate surface area is 96.4 Å². The van der Waals surface area contributed by atoms with Gasteiger partial charge < -0.3 is 9.66 Å². The first kappa shape index (κ1) is 13.2. The molecule has 2 atom stereocenters. The van der Waals surface area contributed by atoms with Gasteiger partial charge >= 0.3 is 29.6 Å². The van der Waals surface area contributed by atoms with Crippen molar-refractivity contribution in [2.75, 3.05) is 0 Å². The van der Waals surface area contributed by atoms with Crippen molar-refractivity contribution in [2.45, 2.75) is 17.8 Å². The van der Waals surface area contributed by atoms with Gasteiger partial charge in [0.2, 0.25) is 0 Å². The normalized spacial score (nSPS) is 28.8. The number of carbonyl (C=O) groups is 2. The molecule has 2 unspecified atom stereocenters. The van der Waals surface area contributed by atoms with Gasteiger partial charge in [-0.05, 0) is 0 Å². The molecule has 0 bridgehead atoms. The van der Waals surface area contributed by atoms with Gasteiger partial charge in [0.1, 0.15) is 15.4 Å². The van der Waals surface area contributed by atoms with Gasteiger partial charge in [-0.1, -0.05) is 0 Å². The molecule has 6 nitrogen and oxygen atoms in total. The van der Waals surface area contributed by atoms with Gasteiger partial charge in [-0.15, -0.1) is 0 Å². The van der Waals surface area contributed by atoms with E-state index < -0.39 is 39.5 Å². The Bertz CT molecular complexity index is 333. The van der Waals surface area contributed by atoms with E-state index in [1.165, 1.54) is 0 Å². The molecule has 13 heavy (non-hydrogen) atoms. The summed E-state index contributed by atoms with van der Waals surface area (Å²) in [4.78, 5) is 21.3. The molecule has 1 aliphatic rings. The molecular formula is C5H5NaO6S. The fourth-order valence-electron chi connectivity index (χ4n) is 0.974. The van der Waals surface area contributed by atoms with Crippen LogP contribution in [0.15, 0.2) is 0 Å². The van der Waals surface area contributed by atoms with E-state index in [1.54, 1.807) is 0 Å². The zero-order valence-electron chi connectivity index (χ0n) is 6.76. The molecule has 1 rings (SSSR count). The molecule has 1 saturated carbocycles. The van der Waals surface area contributed by atoms with E-state index >= 15 is 0 Å². The Balaban J connectivity index is 0.00000144. The Morgan fingerprint density at radius 3 is 2.00 bits per heavy atom. The van der Waals surface area contributed by atoms with E-state index in [1.807, 2.05) is 0 Å². The predicted octanol–water partition coefficient (Wildman–Crippen LogP) is -5.19. The van der Waals surface area contributed by atoms with E-state index in [-0.39, 0.29) is 29.6 Å². The van der Waals surface area contributed by atoms with Crippen LogP contribution in [0.4, 0.5) is 0 Å². The molecule has 0 aliphatic heterocycles. The number of hydrogen-bond acceptors (Lipinski definition) is 6. The Morgan fingerprint density at radius 2 is 1.85 bits per heavy atom. The molecule has 68 valence electrons. The number of ketones is 2. The number of Topliss-reactive ketones (excluding diaryl/α,β-unsaturated/α-hetero) is 2. The zero-order valence-corrected chi connectivity index (χ0v) is 9.58. The quantitative estimate of drug-likeness (QED) is 0.266. The van der Waals surface area contributed by atoms with Crippen LogP contribution in [0, 0.1) is 0 Å². The summed E-state index contributed by atoms with van der Waals surface area (Å²) in [5.41, 5.74) is 0. The van der Waals surface area contributed by atoms with E-state index in [9.17, 15) is 22.6 Å². The van der Waals surface area contributed by atoms with Gasteiger partial charge in [0, 0.05) is 6.42 Å². The summed E-state index contributed by atoms with van der Waals surface area (Å²) in [5.74, 6) is -2.13. The van der Waals surface area contributed by atoms with Crippen LogP contribution in [0.1, 0.15) is 6.42 Å². The maximum absolute atomic E-state index is 10.7. The molecule has 0 aromatic heterocycles. The Hall–Kier alpha value is 0.210. The van der Waals surface area contributed by atoms with Crippen molar-refractivity contribution in [2.24, 2.45) is 0 Å². The molecular weight excluding hydrogens is 211 g/mol. The Kier molecular flexibility index (Phi) is 4.23. The second-order valence-electron chi connectivity index (χ2n) is 2.46. The number of aliphatic hydroxyl groups excluding tert-OH is 1. The summed E-state index contributed by atoms with van der Waals surface area (Å²) in [5, 5.41) is 6.81. The maximum Gasteiger partial charge on any atom is 1.00 e. The molecule has 0 radical (unpaired) electrons. The van der Waals surface area contributed by atoms with Crippen molar-refractivity contribution in [3.05, 3.63) is 0 Å². The summed E-state index contributed by atoms with van der Waals surface area (Å²) in [7, 11) is -4.80. The summed E-state index contributed by atoms with van der Waals surface area (Å²) >= 11 is 0. The molecule has 0 heterocycles. The van der Waals surface area contributed by atoms with Gasteiger partial charge in [-0.25, -0.2) is 8.42 Å². The zero-order chi connectivity index (χ0) is 9.52. The molecule has 0 aromatic rings. The van der Waals surface area contributed by atoms with Crippen molar-refractivity contribution in [1.82, 2.24) is 0 Å². The average molecular weight is 216 g/mol. The summed E-state index contributed by atoms with van der Waals surface area (Å²) in [6.45, 7) is 0. The number of rotatable bonds is 1. The summed E-state index contributed by atoms with van der Waals surface area (Å²) in [6, 6.07) is 0. The first-order valence-electron chi connectivity index (χ1n) is 3.03. The fraction of sp³-hybridized carbons (Fsp3) is 0.600. The van der Waals surface area contributed by atoms with Gasteiger partial charge in [-0.2, -0.15) is 0 Å². The van der Waals surface area contributed by atoms with Gasteiger partial charge in [0.15, 0.2) is 17.7 Å². The van der Waals surface area contributed by atoms with Crippen LogP contribution >= 0.6 is 0 Å². The average Bonchev–Trinajstić information content (AvgIpc) is 2.15. The van der Waals surface area contributed by atoms with Crippen molar-refractivity contribution >= 4 is 21.7 Å². The van der Waals surface area contributed by atoms with Crippen LogP contribution in [-0.2, 0) is 19.7 Å². The third kappa shape index (κ3) is 2.58. The molecule has 1 aliphatic carbocycles. The minimum absolute atomic E-state index is 0. The Morgan fingerprint density at radius 1 is 1.38 bits per heavy atom. The van der Waals surface area contributed by atoms with Crippen LogP contribution in [0.25, 0.3) is 0 Å². The molecule has 0 spiro atoms. The standard InChI is InChI=1S/C5H6O6S.Na/c6-2-1-3(12(9,10)11)5(8)4(2)7;/h3-4,7H,1H2,(H,9,10,11);/q;+1/p-1. The second-order valence-corrected chi connectivity index (χ2v) is 4.01. The van der Waals surface area contributed by atoms with Gasteiger partial charge in [0.05, 0.1) is 0 Å². The van der Waals surface area contributed by atoms with E-state index in [0.29, 0.717) is 0 Å². The fourth-order valence-corrected chi connectivity index (χ4v) is 1.76. The number of carbonyl (C=O) groups excluding carboxylic acids is 2. The third-order valence-corrected chi connectivity index (χ3v) is 2.72. The van der Waals surface area contributed by atoms with Crippen LogP contribution < -0.4 is 29.6 Å². The van der Waals surface area contributed by atoms with E-state index in [0.717, 1.165) is 0 Å². The molecule has 0 aromatic carbocycles. The smallest absolute Gasteiger partial charge is 0.747 e. The van der Waals surface area contributed by atoms with Crippen molar-refractivity contribution in [3.8, 4) is 0 Å². The van der Waals surface area contributed by atoms with E-state index in [4.69, 9.17) is 5.11 Å². The second kappa shape index (κ2) is 4.16. The topological polar surface area (TPSA) is 112 Å². The number of hydrogen-bond donors (Lipinski definition) is 1. The summed E-state index contributed by atoms with van der Waals surface area (Å²) in [6.07, 6.45) is -2.63. The monoisotopic (exact) mass is 216 g/mol. The number of aliphatic hydroxyl groups is 1. The van der Waals surface area contributed by atoms with Gasteiger partial charge in [-0.3, -0.25) is 9.59 Å². The summed E-state index contributed by atoms with van der Waals surface area (Å²) < 4.78 is 30.9. The van der Waals surface area contributed by atoms with Crippen LogP contribution in [-0.4, -0.2) is 41.0 Å². The molecule has 1 fully saturated rings. The minimum Gasteiger partial charge on any atom is -0.747 e. The van der Waals surface area contributed by atoms with Crippen LogP contribution in [0.2, 0.25) is 0 Å². The van der Waals surface area contributed by atoms with Crippen LogP contribution in [0.3, 0.4) is 0 Å². The van der Waals surface area contributed by atoms with Crippen molar-refractivity contribution in [3.63, 3.8) is 0 Å². The van der Waals surface area contributed by atoms with Crippen LogP contribution in [0.5, 0.6) is 0 Å². The molecule has 0 amide bonds.